The number of rotatable bonds is 8. The van der Waals surface area contributed by atoms with Gasteiger partial charge in [0.1, 0.15) is 0 Å². The second kappa shape index (κ2) is 12.2. The molecule has 1 atom stereocenters. The number of hydrogen-bond donors (Lipinski definition) is 1. The first kappa shape index (κ1) is 23.7. The van der Waals surface area contributed by atoms with Gasteiger partial charge >= 0.3 is 0 Å². The second-order valence-corrected chi connectivity index (χ2v) is 7.06. The molecule has 1 aromatic rings. The molecule has 0 saturated carbocycles. The molecule has 1 amide bonds. The van der Waals surface area contributed by atoms with Crippen LogP contribution in [-0.4, -0.2) is 54.4 Å². The highest BCUT2D eigenvalue weighted by atomic mass is 127. The summed E-state index contributed by atoms with van der Waals surface area (Å²) in [4.78, 5) is 21.0. The van der Waals surface area contributed by atoms with E-state index in [1.807, 2.05) is 0 Å². The Balaban J connectivity index is 0.00000364. The van der Waals surface area contributed by atoms with Crippen molar-refractivity contribution in [3.63, 3.8) is 0 Å². The number of halogens is 1. The molecule has 0 spiro atoms. The number of likely N-dealkylation sites (tertiary alicyclic amines) is 1. The van der Waals surface area contributed by atoms with Gasteiger partial charge < -0.3 is 15.1 Å². The number of guanidine groups is 1. The van der Waals surface area contributed by atoms with Gasteiger partial charge in [0.05, 0.1) is 0 Å². The van der Waals surface area contributed by atoms with E-state index in [0.29, 0.717) is 18.4 Å². The first-order valence-corrected chi connectivity index (χ1v) is 9.90. The molecule has 1 fully saturated rings. The van der Waals surface area contributed by atoms with Gasteiger partial charge in [-0.05, 0) is 44.2 Å². The van der Waals surface area contributed by atoms with Crippen LogP contribution in [0.4, 0.5) is 0 Å². The van der Waals surface area contributed by atoms with Crippen molar-refractivity contribution in [1.29, 1.82) is 0 Å². The summed E-state index contributed by atoms with van der Waals surface area (Å²) in [7, 11) is 2.08. The van der Waals surface area contributed by atoms with Crippen molar-refractivity contribution in [2.24, 2.45) is 4.99 Å². The molecule has 152 valence electrons. The minimum atomic E-state index is 0. The predicted octanol–water partition coefficient (Wildman–Crippen LogP) is 3.80. The van der Waals surface area contributed by atoms with Crippen LogP contribution in [0.1, 0.15) is 50.7 Å². The summed E-state index contributed by atoms with van der Waals surface area (Å²) in [6, 6.07) is 8.79. The van der Waals surface area contributed by atoms with Crippen LogP contribution in [0.5, 0.6) is 0 Å². The van der Waals surface area contributed by atoms with Crippen LogP contribution < -0.4 is 5.32 Å². The Morgan fingerprint density at radius 2 is 2.07 bits per heavy atom. The van der Waals surface area contributed by atoms with Gasteiger partial charge in [-0.1, -0.05) is 31.2 Å². The average molecular weight is 486 g/mol. The maximum absolute atomic E-state index is 12.0. The van der Waals surface area contributed by atoms with E-state index >= 15 is 0 Å². The Morgan fingerprint density at radius 3 is 2.67 bits per heavy atom. The molecule has 6 heteroatoms. The smallest absolute Gasteiger partial charge is 0.222 e. The molecule has 0 aromatic heterocycles. The molecule has 0 radical (unpaired) electrons. The van der Waals surface area contributed by atoms with E-state index < -0.39 is 0 Å². The van der Waals surface area contributed by atoms with E-state index in [1.165, 1.54) is 11.1 Å². The van der Waals surface area contributed by atoms with E-state index in [0.717, 1.165) is 51.4 Å². The highest BCUT2D eigenvalue weighted by Crippen LogP contribution is 2.18. The van der Waals surface area contributed by atoms with Crippen molar-refractivity contribution >= 4 is 35.8 Å². The summed E-state index contributed by atoms with van der Waals surface area (Å²) in [5.74, 6) is 1.24. The summed E-state index contributed by atoms with van der Waals surface area (Å²) in [5, 5.41) is 3.39. The van der Waals surface area contributed by atoms with Gasteiger partial charge in [-0.3, -0.25) is 9.79 Å². The topological polar surface area (TPSA) is 47.9 Å². The number of nitrogens with zero attached hydrogens (tertiary/aromatic N) is 3. The molecule has 1 heterocycles. The van der Waals surface area contributed by atoms with Crippen molar-refractivity contribution in [3.05, 3.63) is 35.4 Å². The van der Waals surface area contributed by atoms with E-state index in [1.54, 1.807) is 0 Å². The molecular weight excluding hydrogens is 451 g/mol. The van der Waals surface area contributed by atoms with Gasteiger partial charge in [0.15, 0.2) is 5.96 Å². The summed E-state index contributed by atoms with van der Waals surface area (Å²) in [6.45, 7) is 9.73. The standard InChI is InChI=1S/C21H34N4O.HI/c1-5-19(25-15-9-12-20(25)26)13-14-23-21(22-6-2)24(4)16-18-11-8-7-10-17(18)3;/h7-8,10-11,19H,5-6,9,12-16H2,1-4H3,(H,22,23);1H. The van der Waals surface area contributed by atoms with Crippen molar-refractivity contribution < 1.29 is 4.79 Å². The monoisotopic (exact) mass is 486 g/mol. The van der Waals surface area contributed by atoms with Crippen LogP contribution in [0.25, 0.3) is 0 Å². The number of carbonyl (C=O) groups is 1. The Morgan fingerprint density at radius 1 is 1.33 bits per heavy atom. The van der Waals surface area contributed by atoms with Crippen molar-refractivity contribution in [1.82, 2.24) is 15.1 Å². The second-order valence-electron chi connectivity index (χ2n) is 7.06. The molecule has 0 aliphatic carbocycles. The van der Waals surface area contributed by atoms with Gasteiger partial charge in [0.2, 0.25) is 5.91 Å². The number of carbonyl (C=O) groups excluding carboxylic acids is 1. The first-order chi connectivity index (χ1) is 12.6. The number of hydrogen-bond acceptors (Lipinski definition) is 2. The fourth-order valence-electron chi connectivity index (χ4n) is 3.54. The summed E-state index contributed by atoms with van der Waals surface area (Å²) < 4.78 is 0. The third-order valence-electron chi connectivity index (χ3n) is 5.11. The van der Waals surface area contributed by atoms with E-state index in [4.69, 9.17) is 4.99 Å². The molecule has 27 heavy (non-hydrogen) atoms. The SMILES string of the molecule is CCNC(=NCCC(CC)N1CCCC1=O)N(C)Cc1ccccc1C.I. The predicted molar refractivity (Wildman–Crippen MR) is 124 cm³/mol. The van der Waals surface area contributed by atoms with Crippen LogP contribution in [-0.2, 0) is 11.3 Å². The molecule has 5 nitrogen and oxygen atoms in total. The minimum Gasteiger partial charge on any atom is -0.357 e. The number of aliphatic imine (C=N–C) groups is 1. The van der Waals surface area contributed by atoms with Crippen molar-refractivity contribution in [2.75, 3.05) is 26.7 Å². The van der Waals surface area contributed by atoms with Gasteiger partial charge in [0.25, 0.3) is 0 Å². The number of benzene rings is 1. The molecule has 1 aromatic carbocycles. The van der Waals surface area contributed by atoms with Crippen LogP contribution in [0.2, 0.25) is 0 Å². The van der Waals surface area contributed by atoms with Crippen molar-refractivity contribution in [2.45, 2.75) is 59.0 Å². The van der Waals surface area contributed by atoms with Gasteiger partial charge in [0, 0.05) is 45.7 Å². The number of nitrogens with one attached hydrogen (secondary N) is 1. The highest BCUT2D eigenvalue weighted by Gasteiger charge is 2.26. The summed E-state index contributed by atoms with van der Waals surface area (Å²) in [6.07, 6.45) is 3.63. The van der Waals surface area contributed by atoms with Crippen LogP contribution in [0, 0.1) is 6.92 Å². The van der Waals surface area contributed by atoms with Gasteiger partial charge in [-0.15, -0.1) is 24.0 Å². The third-order valence-corrected chi connectivity index (χ3v) is 5.11. The fourth-order valence-corrected chi connectivity index (χ4v) is 3.54. The molecule has 2 rings (SSSR count). The van der Waals surface area contributed by atoms with Crippen molar-refractivity contribution in [3.8, 4) is 0 Å². The Labute approximate surface area is 181 Å². The van der Waals surface area contributed by atoms with Crippen LogP contribution >= 0.6 is 24.0 Å². The molecule has 1 aliphatic rings. The Bertz CT molecular complexity index is 620. The van der Waals surface area contributed by atoms with Crippen LogP contribution in [0.3, 0.4) is 0 Å². The zero-order chi connectivity index (χ0) is 18.9. The van der Waals surface area contributed by atoms with E-state index in [2.05, 4.69) is 67.2 Å². The maximum Gasteiger partial charge on any atom is 0.222 e. The molecular formula is C21H35IN4O. The molecule has 1 saturated heterocycles. The lowest BCUT2D eigenvalue weighted by Gasteiger charge is -2.27. The molecule has 0 bridgehead atoms. The quantitative estimate of drug-likeness (QED) is 0.346. The fraction of sp³-hybridized carbons (Fsp3) is 0.619. The third kappa shape index (κ3) is 6.97. The summed E-state index contributed by atoms with van der Waals surface area (Å²) >= 11 is 0. The lowest BCUT2D eigenvalue weighted by atomic mass is 10.1. The Hall–Kier alpha value is -1.31. The Kier molecular flexibility index (Phi) is 10.7. The lowest BCUT2D eigenvalue weighted by molar-refractivity contribution is -0.129. The lowest BCUT2D eigenvalue weighted by Crippen LogP contribution is -2.39. The first-order valence-electron chi connectivity index (χ1n) is 9.90. The zero-order valence-corrected chi connectivity index (χ0v) is 19.5. The van der Waals surface area contributed by atoms with Crippen LogP contribution in [0.15, 0.2) is 29.3 Å². The largest absolute Gasteiger partial charge is 0.357 e. The van der Waals surface area contributed by atoms with Gasteiger partial charge in [-0.25, -0.2) is 0 Å². The van der Waals surface area contributed by atoms with Gasteiger partial charge in [-0.2, -0.15) is 0 Å². The van der Waals surface area contributed by atoms with E-state index in [-0.39, 0.29) is 24.0 Å². The summed E-state index contributed by atoms with van der Waals surface area (Å²) in [5.41, 5.74) is 2.61. The molecule has 1 aliphatic heterocycles. The molecule has 1 unspecified atom stereocenters. The molecule has 1 N–H and O–H groups in total. The zero-order valence-electron chi connectivity index (χ0n) is 17.2. The number of aryl methyl sites for hydroxylation is 1. The minimum absolute atomic E-state index is 0. The normalized spacial score (nSPS) is 15.5. The maximum atomic E-state index is 12.0. The average Bonchev–Trinajstić information content (AvgIpc) is 3.05. The number of amides is 1. The van der Waals surface area contributed by atoms with E-state index in [9.17, 15) is 4.79 Å². The highest BCUT2D eigenvalue weighted by molar-refractivity contribution is 14.0.